The summed E-state index contributed by atoms with van der Waals surface area (Å²) in [6.07, 6.45) is 20.4. The first kappa shape index (κ1) is 16.6. The standard InChI is InChI=1S/C21H28O/c1-2-4-6-9-15-21(16-10-7-5-3-1)19-22-18-17-20-13-11-8-12-14-20/h2,4-5,7-8,11-14,19H,1,3,6,9-10,15-18H2/b4-2+,7-5+,21-19?. The molecule has 1 aliphatic rings. The van der Waals surface area contributed by atoms with Gasteiger partial charge in [-0.15, -0.1) is 0 Å². The van der Waals surface area contributed by atoms with Gasteiger partial charge in [-0.2, -0.15) is 0 Å². The third-order valence-corrected chi connectivity index (χ3v) is 3.94. The van der Waals surface area contributed by atoms with Crippen LogP contribution in [0.2, 0.25) is 0 Å². The molecule has 0 unspecified atom stereocenters. The molecule has 0 fully saturated rings. The van der Waals surface area contributed by atoms with Crippen LogP contribution in [0.5, 0.6) is 0 Å². The van der Waals surface area contributed by atoms with Crippen molar-refractivity contribution in [2.75, 3.05) is 6.61 Å². The van der Waals surface area contributed by atoms with E-state index in [1.54, 1.807) is 0 Å². The lowest BCUT2D eigenvalue weighted by Crippen LogP contribution is -1.95. The molecule has 0 radical (unpaired) electrons. The monoisotopic (exact) mass is 296 g/mol. The third kappa shape index (κ3) is 7.31. The molecule has 1 aromatic rings. The van der Waals surface area contributed by atoms with Gasteiger partial charge in [-0.3, -0.25) is 0 Å². The first-order valence-corrected chi connectivity index (χ1v) is 8.58. The second-order valence-corrected chi connectivity index (χ2v) is 5.83. The highest BCUT2D eigenvalue weighted by molar-refractivity contribution is 5.14. The van der Waals surface area contributed by atoms with Crippen molar-refractivity contribution in [3.8, 4) is 0 Å². The van der Waals surface area contributed by atoms with E-state index >= 15 is 0 Å². The van der Waals surface area contributed by atoms with Crippen molar-refractivity contribution in [3.05, 3.63) is 72.0 Å². The summed E-state index contributed by atoms with van der Waals surface area (Å²) >= 11 is 0. The quantitative estimate of drug-likeness (QED) is 0.377. The molecule has 0 aromatic heterocycles. The van der Waals surface area contributed by atoms with Crippen molar-refractivity contribution in [1.29, 1.82) is 0 Å². The Hall–Kier alpha value is -1.76. The van der Waals surface area contributed by atoms with Gasteiger partial charge in [0.1, 0.15) is 0 Å². The van der Waals surface area contributed by atoms with E-state index in [9.17, 15) is 0 Å². The van der Waals surface area contributed by atoms with Gasteiger partial charge in [0.05, 0.1) is 12.9 Å². The smallest absolute Gasteiger partial charge is 0.0913 e. The molecule has 0 spiro atoms. The third-order valence-electron chi connectivity index (χ3n) is 3.94. The number of ether oxygens (including phenoxy) is 1. The highest BCUT2D eigenvalue weighted by Gasteiger charge is 1.99. The van der Waals surface area contributed by atoms with Gasteiger partial charge in [-0.25, -0.2) is 0 Å². The van der Waals surface area contributed by atoms with E-state index in [0.717, 1.165) is 32.3 Å². The van der Waals surface area contributed by atoms with Gasteiger partial charge in [0.15, 0.2) is 0 Å². The Morgan fingerprint density at radius 2 is 1.55 bits per heavy atom. The topological polar surface area (TPSA) is 9.23 Å². The van der Waals surface area contributed by atoms with Crippen LogP contribution >= 0.6 is 0 Å². The first-order chi connectivity index (χ1) is 10.9. The Bertz CT molecular complexity index is 482. The summed E-state index contributed by atoms with van der Waals surface area (Å²) in [7, 11) is 0. The Kier molecular flexibility index (Phi) is 8.22. The van der Waals surface area contributed by atoms with Crippen LogP contribution in [0.3, 0.4) is 0 Å². The molecule has 1 heteroatoms. The van der Waals surface area contributed by atoms with Gasteiger partial charge in [0.25, 0.3) is 0 Å². The fourth-order valence-corrected chi connectivity index (χ4v) is 2.62. The van der Waals surface area contributed by atoms with E-state index in [1.807, 2.05) is 6.26 Å². The predicted octanol–water partition coefficient (Wildman–Crippen LogP) is 5.99. The molecule has 0 amide bonds. The average Bonchev–Trinajstić information content (AvgIpc) is 2.54. The van der Waals surface area contributed by atoms with Crippen LogP contribution in [0, 0.1) is 0 Å². The van der Waals surface area contributed by atoms with E-state index < -0.39 is 0 Å². The summed E-state index contributed by atoms with van der Waals surface area (Å²) in [5.74, 6) is 0. The van der Waals surface area contributed by atoms with E-state index in [-0.39, 0.29) is 0 Å². The average molecular weight is 296 g/mol. The molecular weight excluding hydrogens is 268 g/mol. The van der Waals surface area contributed by atoms with Crippen LogP contribution in [-0.4, -0.2) is 6.61 Å². The number of rotatable bonds is 4. The predicted molar refractivity (Wildman–Crippen MR) is 94.8 cm³/mol. The zero-order chi connectivity index (χ0) is 15.3. The molecule has 0 atom stereocenters. The fraction of sp³-hybridized carbons (Fsp3) is 0.429. The maximum atomic E-state index is 5.80. The lowest BCUT2D eigenvalue weighted by Gasteiger charge is -2.08. The van der Waals surface area contributed by atoms with Crippen molar-refractivity contribution < 1.29 is 4.74 Å². The second-order valence-electron chi connectivity index (χ2n) is 5.83. The van der Waals surface area contributed by atoms with Crippen molar-refractivity contribution in [2.45, 2.75) is 51.4 Å². The largest absolute Gasteiger partial charge is 0.501 e. The summed E-state index contributed by atoms with van der Waals surface area (Å²) in [5, 5.41) is 0. The lowest BCUT2D eigenvalue weighted by atomic mass is 10.0. The first-order valence-electron chi connectivity index (χ1n) is 8.58. The minimum Gasteiger partial charge on any atom is -0.501 e. The van der Waals surface area contributed by atoms with Crippen molar-refractivity contribution in [2.24, 2.45) is 0 Å². The Morgan fingerprint density at radius 1 is 0.818 bits per heavy atom. The molecule has 1 nitrogen and oxygen atoms in total. The Balaban J connectivity index is 1.76. The number of allylic oxidation sites excluding steroid dienone is 5. The SMILES string of the molecule is C(OCCc1ccccc1)=C1CC/C=C/CC/C=C/CCC1. The van der Waals surface area contributed by atoms with Crippen LogP contribution in [0.15, 0.2) is 66.5 Å². The summed E-state index contributed by atoms with van der Waals surface area (Å²) in [6.45, 7) is 0.767. The van der Waals surface area contributed by atoms with Crippen LogP contribution in [-0.2, 0) is 11.2 Å². The molecule has 1 aliphatic carbocycles. The molecule has 0 aliphatic heterocycles. The molecule has 2 rings (SSSR count). The maximum absolute atomic E-state index is 5.80. The molecule has 118 valence electrons. The van der Waals surface area contributed by atoms with Crippen LogP contribution in [0.1, 0.15) is 50.5 Å². The van der Waals surface area contributed by atoms with Crippen molar-refractivity contribution in [3.63, 3.8) is 0 Å². The maximum Gasteiger partial charge on any atom is 0.0913 e. The van der Waals surface area contributed by atoms with E-state index in [2.05, 4.69) is 54.6 Å². The Labute approximate surface area is 135 Å². The summed E-state index contributed by atoms with van der Waals surface area (Å²) in [4.78, 5) is 0. The van der Waals surface area contributed by atoms with E-state index in [0.29, 0.717) is 0 Å². The van der Waals surface area contributed by atoms with E-state index in [4.69, 9.17) is 4.74 Å². The van der Waals surface area contributed by atoms with Gasteiger partial charge in [0.2, 0.25) is 0 Å². The zero-order valence-corrected chi connectivity index (χ0v) is 13.5. The highest BCUT2D eigenvalue weighted by atomic mass is 16.5. The van der Waals surface area contributed by atoms with Crippen molar-refractivity contribution >= 4 is 0 Å². The molecule has 0 bridgehead atoms. The van der Waals surface area contributed by atoms with Gasteiger partial charge >= 0.3 is 0 Å². The molecular formula is C21H28O. The number of hydrogen-bond acceptors (Lipinski definition) is 1. The minimum atomic E-state index is 0.767. The molecule has 0 saturated heterocycles. The minimum absolute atomic E-state index is 0.767. The summed E-state index contributed by atoms with van der Waals surface area (Å²) < 4.78 is 5.80. The van der Waals surface area contributed by atoms with Crippen molar-refractivity contribution in [1.82, 2.24) is 0 Å². The van der Waals surface area contributed by atoms with Crippen LogP contribution in [0.25, 0.3) is 0 Å². The fourth-order valence-electron chi connectivity index (χ4n) is 2.62. The molecule has 22 heavy (non-hydrogen) atoms. The normalized spacial score (nSPS) is 21.5. The van der Waals surface area contributed by atoms with Gasteiger partial charge in [-0.05, 0) is 56.1 Å². The number of benzene rings is 1. The highest BCUT2D eigenvalue weighted by Crippen LogP contribution is 2.16. The summed E-state index contributed by atoms with van der Waals surface area (Å²) in [5.41, 5.74) is 2.79. The van der Waals surface area contributed by atoms with Gasteiger partial charge in [0, 0.05) is 6.42 Å². The lowest BCUT2D eigenvalue weighted by molar-refractivity contribution is 0.248. The van der Waals surface area contributed by atoms with Crippen LogP contribution in [0.4, 0.5) is 0 Å². The molecule has 1 aromatic carbocycles. The van der Waals surface area contributed by atoms with E-state index in [1.165, 1.54) is 36.8 Å². The second kappa shape index (κ2) is 10.9. The summed E-state index contributed by atoms with van der Waals surface area (Å²) in [6, 6.07) is 10.5. The number of hydrogen-bond donors (Lipinski definition) is 0. The van der Waals surface area contributed by atoms with Gasteiger partial charge < -0.3 is 4.74 Å². The molecule has 0 heterocycles. The molecule has 0 N–H and O–H groups in total. The Morgan fingerprint density at radius 3 is 2.36 bits per heavy atom. The van der Waals surface area contributed by atoms with Crippen LogP contribution < -0.4 is 0 Å². The zero-order valence-electron chi connectivity index (χ0n) is 13.5. The molecule has 0 saturated carbocycles. The van der Waals surface area contributed by atoms with Gasteiger partial charge in [-0.1, -0.05) is 54.6 Å².